The number of carbonyl (C=O) groups is 1. The molecule has 1 atom stereocenters. The maximum Gasteiger partial charge on any atom is 0.260 e. The molecule has 0 aliphatic rings. The van der Waals surface area contributed by atoms with Crippen LogP contribution in [0.1, 0.15) is 18.9 Å². The zero-order valence-corrected chi connectivity index (χ0v) is 15.0. The van der Waals surface area contributed by atoms with E-state index in [0.717, 1.165) is 29.9 Å². The molecule has 1 N–H and O–H groups in total. The van der Waals surface area contributed by atoms with E-state index >= 15 is 0 Å². The highest BCUT2D eigenvalue weighted by Crippen LogP contribution is 2.19. The average Bonchev–Trinajstić information content (AvgIpc) is 2.65. The maximum absolute atomic E-state index is 12.1. The molecule has 0 spiro atoms. The number of ether oxygens (including phenoxy) is 3. The number of aryl methyl sites for hydroxylation is 1. The summed E-state index contributed by atoms with van der Waals surface area (Å²) >= 11 is 0. The van der Waals surface area contributed by atoms with E-state index in [1.807, 2.05) is 24.3 Å². The van der Waals surface area contributed by atoms with Gasteiger partial charge in [-0.05, 0) is 55.7 Å². The predicted molar refractivity (Wildman–Crippen MR) is 97.4 cm³/mol. The molecular weight excluding hydrogens is 318 g/mol. The largest absolute Gasteiger partial charge is 0.497 e. The number of benzene rings is 2. The van der Waals surface area contributed by atoms with Crippen molar-refractivity contribution in [3.8, 4) is 17.2 Å². The van der Waals surface area contributed by atoms with E-state index in [1.165, 1.54) is 0 Å². The van der Waals surface area contributed by atoms with Crippen molar-refractivity contribution in [3.63, 3.8) is 0 Å². The fourth-order valence-electron chi connectivity index (χ4n) is 2.46. The highest BCUT2D eigenvalue weighted by molar-refractivity contribution is 5.80. The number of carbonyl (C=O) groups excluding carboxylic acids is 1. The average molecular weight is 343 g/mol. The lowest BCUT2D eigenvalue weighted by atomic mass is 10.1. The summed E-state index contributed by atoms with van der Waals surface area (Å²) in [6.07, 6.45) is 1.12. The van der Waals surface area contributed by atoms with Gasteiger partial charge in [0.2, 0.25) is 0 Å². The van der Waals surface area contributed by atoms with Crippen molar-refractivity contribution < 1.29 is 19.0 Å². The third-order valence-electron chi connectivity index (χ3n) is 3.86. The smallest absolute Gasteiger partial charge is 0.260 e. The molecule has 0 radical (unpaired) electrons. The Labute approximate surface area is 148 Å². The second-order valence-corrected chi connectivity index (χ2v) is 5.64. The monoisotopic (exact) mass is 343 g/mol. The van der Waals surface area contributed by atoms with E-state index in [0.29, 0.717) is 12.3 Å². The van der Waals surface area contributed by atoms with Crippen molar-refractivity contribution in [2.45, 2.75) is 25.9 Å². The van der Waals surface area contributed by atoms with Crippen LogP contribution in [0, 0.1) is 0 Å². The molecule has 0 aromatic heterocycles. The third-order valence-corrected chi connectivity index (χ3v) is 3.86. The highest BCUT2D eigenvalue weighted by Gasteiger charge is 2.14. The Hall–Kier alpha value is -2.69. The highest BCUT2D eigenvalue weighted by atomic mass is 16.5. The minimum absolute atomic E-state index is 0.129. The van der Waals surface area contributed by atoms with Crippen LogP contribution in [0.3, 0.4) is 0 Å². The van der Waals surface area contributed by atoms with Crippen molar-refractivity contribution in [1.29, 1.82) is 0 Å². The van der Waals surface area contributed by atoms with Crippen LogP contribution >= 0.6 is 0 Å². The second-order valence-electron chi connectivity index (χ2n) is 5.64. The Balaban J connectivity index is 1.73. The zero-order chi connectivity index (χ0) is 18.1. The van der Waals surface area contributed by atoms with E-state index in [9.17, 15) is 4.79 Å². The van der Waals surface area contributed by atoms with Crippen LogP contribution in [-0.2, 0) is 11.2 Å². The zero-order valence-electron chi connectivity index (χ0n) is 15.0. The Morgan fingerprint density at radius 2 is 1.68 bits per heavy atom. The van der Waals surface area contributed by atoms with Crippen LogP contribution in [0.15, 0.2) is 48.5 Å². The van der Waals surface area contributed by atoms with Gasteiger partial charge in [-0.2, -0.15) is 0 Å². The SMILES string of the molecule is COc1ccc(O[C@H](C)C(=O)NCCCc2ccccc2OC)cc1. The van der Waals surface area contributed by atoms with Crippen molar-refractivity contribution in [2.24, 2.45) is 0 Å². The van der Waals surface area contributed by atoms with E-state index < -0.39 is 6.10 Å². The summed E-state index contributed by atoms with van der Waals surface area (Å²) in [5, 5.41) is 2.90. The number of para-hydroxylation sites is 1. The van der Waals surface area contributed by atoms with Gasteiger partial charge in [0.1, 0.15) is 17.2 Å². The van der Waals surface area contributed by atoms with Crippen molar-refractivity contribution in [1.82, 2.24) is 5.32 Å². The Morgan fingerprint density at radius 3 is 2.36 bits per heavy atom. The molecule has 1 amide bonds. The van der Waals surface area contributed by atoms with Gasteiger partial charge in [0.05, 0.1) is 14.2 Å². The molecular formula is C20H25NO4. The maximum atomic E-state index is 12.1. The number of nitrogens with one attached hydrogen (secondary N) is 1. The molecule has 0 bridgehead atoms. The summed E-state index contributed by atoms with van der Waals surface area (Å²) in [5.74, 6) is 2.14. The van der Waals surface area contributed by atoms with Gasteiger partial charge in [-0.1, -0.05) is 18.2 Å². The normalized spacial score (nSPS) is 11.5. The van der Waals surface area contributed by atoms with Gasteiger partial charge in [0.15, 0.2) is 6.10 Å². The number of methoxy groups -OCH3 is 2. The molecule has 0 saturated carbocycles. The van der Waals surface area contributed by atoms with Crippen LogP contribution in [0.5, 0.6) is 17.2 Å². The topological polar surface area (TPSA) is 56.8 Å². The molecule has 0 aliphatic heterocycles. The number of rotatable bonds is 9. The van der Waals surface area contributed by atoms with Gasteiger partial charge in [-0.3, -0.25) is 4.79 Å². The fraction of sp³-hybridized carbons (Fsp3) is 0.350. The van der Waals surface area contributed by atoms with Crippen molar-refractivity contribution in [3.05, 3.63) is 54.1 Å². The molecule has 25 heavy (non-hydrogen) atoms. The Morgan fingerprint density at radius 1 is 1.00 bits per heavy atom. The van der Waals surface area contributed by atoms with Crippen LogP contribution in [0.4, 0.5) is 0 Å². The molecule has 0 unspecified atom stereocenters. The van der Waals surface area contributed by atoms with Crippen LogP contribution in [0.2, 0.25) is 0 Å². The quantitative estimate of drug-likeness (QED) is 0.710. The van der Waals surface area contributed by atoms with Crippen molar-refractivity contribution in [2.75, 3.05) is 20.8 Å². The molecule has 5 heteroatoms. The third kappa shape index (κ3) is 5.71. The Bertz CT molecular complexity index is 670. The minimum Gasteiger partial charge on any atom is -0.497 e. The van der Waals surface area contributed by atoms with Gasteiger partial charge in [0.25, 0.3) is 5.91 Å². The van der Waals surface area contributed by atoms with Gasteiger partial charge in [-0.25, -0.2) is 0 Å². The fourth-order valence-corrected chi connectivity index (χ4v) is 2.46. The summed E-state index contributed by atoms with van der Waals surface area (Å²) in [7, 11) is 3.27. The molecule has 0 heterocycles. The molecule has 2 aromatic rings. The number of amides is 1. The first-order valence-electron chi connectivity index (χ1n) is 8.34. The standard InChI is InChI=1S/C20H25NO4/c1-15(25-18-12-10-17(23-2)11-13-18)20(22)21-14-6-8-16-7-4-5-9-19(16)24-3/h4-5,7,9-13,15H,6,8,14H2,1-3H3,(H,21,22)/t15-/m1/s1. The molecule has 5 nitrogen and oxygen atoms in total. The lowest BCUT2D eigenvalue weighted by Gasteiger charge is -2.15. The molecule has 134 valence electrons. The molecule has 2 aromatic carbocycles. The molecule has 0 fully saturated rings. The lowest BCUT2D eigenvalue weighted by Crippen LogP contribution is -2.36. The summed E-state index contributed by atoms with van der Waals surface area (Å²) in [6.45, 7) is 2.33. The first-order chi connectivity index (χ1) is 12.1. The van der Waals surface area contributed by atoms with Crippen LogP contribution in [0.25, 0.3) is 0 Å². The van der Waals surface area contributed by atoms with E-state index in [-0.39, 0.29) is 5.91 Å². The minimum atomic E-state index is -0.556. The molecule has 2 rings (SSSR count). The van der Waals surface area contributed by atoms with Crippen LogP contribution < -0.4 is 19.5 Å². The summed E-state index contributed by atoms with van der Waals surface area (Å²) in [5.41, 5.74) is 1.14. The van der Waals surface area contributed by atoms with Gasteiger partial charge in [-0.15, -0.1) is 0 Å². The molecule has 0 aliphatic carbocycles. The predicted octanol–water partition coefficient (Wildman–Crippen LogP) is 3.22. The van der Waals surface area contributed by atoms with E-state index in [4.69, 9.17) is 14.2 Å². The van der Waals surface area contributed by atoms with Crippen LogP contribution in [-0.4, -0.2) is 32.8 Å². The summed E-state index contributed by atoms with van der Waals surface area (Å²) in [6, 6.07) is 15.1. The van der Waals surface area contributed by atoms with Gasteiger partial charge >= 0.3 is 0 Å². The van der Waals surface area contributed by atoms with Crippen molar-refractivity contribution >= 4 is 5.91 Å². The Kier molecular flexibility index (Phi) is 7.14. The summed E-state index contributed by atoms with van der Waals surface area (Å²) < 4.78 is 16.1. The van der Waals surface area contributed by atoms with E-state index in [1.54, 1.807) is 45.4 Å². The second kappa shape index (κ2) is 9.57. The van der Waals surface area contributed by atoms with Gasteiger partial charge < -0.3 is 19.5 Å². The number of hydrogen-bond acceptors (Lipinski definition) is 4. The number of hydrogen-bond donors (Lipinski definition) is 1. The van der Waals surface area contributed by atoms with Gasteiger partial charge in [0, 0.05) is 6.54 Å². The molecule has 0 saturated heterocycles. The first kappa shape index (κ1) is 18.6. The van der Waals surface area contributed by atoms with E-state index in [2.05, 4.69) is 5.32 Å². The lowest BCUT2D eigenvalue weighted by molar-refractivity contribution is -0.127. The first-order valence-corrected chi connectivity index (χ1v) is 8.34. The summed E-state index contributed by atoms with van der Waals surface area (Å²) in [4.78, 5) is 12.1.